The van der Waals surface area contributed by atoms with Gasteiger partial charge in [0, 0.05) is 11.1 Å². The predicted octanol–water partition coefficient (Wildman–Crippen LogP) is 1.07. The van der Waals surface area contributed by atoms with E-state index in [-0.39, 0.29) is 12.3 Å². The largest absolute Gasteiger partial charge is 0.479 e. The first-order chi connectivity index (χ1) is 8.52. The SMILES string of the molecule is Cc1nc(CC(=O)NC2(C(=O)O)CCSC2)cs1. The first-order valence-corrected chi connectivity index (χ1v) is 7.58. The summed E-state index contributed by atoms with van der Waals surface area (Å²) >= 11 is 3.04. The molecule has 2 heterocycles. The molecule has 1 aromatic rings. The number of hydrogen-bond acceptors (Lipinski definition) is 5. The van der Waals surface area contributed by atoms with Crippen LogP contribution in [0.4, 0.5) is 0 Å². The second kappa shape index (κ2) is 5.27. The molecular weight excluding hydrogens is 272 g/mol. The molecule has 1 amide bonds. The third kappa shape index (κ3) is 2.84. The Morgan fingerprint density at radius 2 is 2.39 bits per heavy atom. The van der Waals surface area contributed by atoms with E-state index in [1.165, 1.54) is 11.3 Å². The van der Waals surface area contributed by atoms with Gasteiger partial charge in [-0.25, -0.2) is 9.78 Å². The number of carboxylic acids is 1. The Morgan fingerprint density at radius 3 is 2.89 bits per heavy atom. The molecule has 1 aliphatic rings. The van der Waals surface area contributed by atoms with Gasteiger partial charge in [0.05, 0.1) is 17.1 Å². The van der Waals surface area contributed by atoms with Crippen LogP contribution >= 0.6 is 23.1 Å². The Bertz CT molecular complexity index is 467. The Hall–Kier alpha value is -1.08. The van der Waals surface area contributed by atoms with Gasteiger partial charge >= 0.3 is 5.97 Å². The van der Waals surface area contributed by atoms with Gasteiger partial charge in [0.1, 0.15) is 5.54 Å². The number of carbonyl (C=O) groups is 2. The fourth-order valence-electron chi connectivity index (χ4n) is 1.85. The highest BCUT2D eigenvalue weighted by atomic mass is 32.2. The van der Waals surface area contributed by atoms with Crippen molar-refractivity contribution >= 4 is 35.0 Å². The molecule has 1 atom stereocenters. The molecule has 2 rings (SSSR count). The third-order valence-corrected chi connectivity index (χ3v) is 4.83. The first-order valence-electron chi connectivity index (χ1n) is 5.55. The minimum Gasteiger partial charge on any atom is -0.479 e. The highest BCUT2D eigenvalue weighted by molar-refractivity contribution is 7.99. The molecule has 0 aromatic carbocycles. The number of thiazole rings is 1. The van der Waals surface area contributed by atoms with Crippen LogP contribution in [0.25, 0.3) is 0 Å². The van der Waals surface area contributed by atoms with Crippen LogP contribution in [0.1, 0.15) is 17.1 Å². The zero-order chi connectivity index (χ0) is 13.2. The molecule has 1 aromatic heterocycles. The second-order valence-corrected chi connectivity index (χ2v) is 6.44. The summed E-state index contributed by atoms with van der Waals surface area (Å²) < 4.78 is 0. The molecule has 0 bridgehead atoms. The third-order valence-electron chi connectivity index (χ3n) is 2.82. The van der Waals surface area contributed by atoms with Crippen molar-refractivity contribution in [3.05, 3.63) is 16.1 Å². The Morgan fingerprint density at radius 1 is 1.61 bits per heavy atom. The van der Waals surface area contributed by atoms with Gasteiger partial charge < -0.3 is 10.4 Å². The number of hydrogen-bond donors (Lipinski definition) is 2. The van der Waals surface area contributed by atoms with E-state index in [9.17, 15) is 14.7 Å². The number of rotatable bonds is 4. The topological polar surface area (TPSA) is 79.3 Å². The number of aromatic nitrogens is 1. The van der Waals surface area contributed by atoms with Gasteiger partial charge in [-0.15, -0.1) is 11.3 Å². The highest BCUT2D eigenvalue weighted by Gasteiger charge is 2.43. The van der Waals surface area contributed by atoms with Gasteiger partial charge in [-0.2, -0.15) is 11.8 Å². The van der Waals surface area contributed by atoms with Gasteiger partial charge in [-0.3, -0.25) is 4.79 Å². The van der Waals surface area contributed by atoms with Crippen molar-refractivity contribution in [1.82, 2.24) is 10.3 Å². The lowest BCUT2D eigenvalue weighted by atomic mass is 9.99. The molecule has 0 saturated carbocycles. The monoisotopic (exact) mass is 286 g/mol. The number of nitrogens with zero attached hydrogens (tertiary/aromatic N) is 1. The fraction of sp³-hybridized carbons (Fsp3) is 0.545. The lowest BCUT2D eigenvalue weighted by Crippen LogP contribution is -2.55. The molecule has 1 saturated heterocycles. The van der Waals surface area contributed by atoms with E-state index in [2.05, 4.69) is 10.3 Å². The van der Waals surface area contributed by atoms with Crippen molar-refractivity contribution in [2.75, 3.05) is 11.5 Å². The van der Waals surface area contributed by atoms with Crippen molar-refractivity contribution in [3.8, 4) is 0 Å². The van der Waals surface area contributed by atoms with Crippen LogP contribution in [-0.2, 0) is 16.0 Å². The van der Waals surface area contributed by atoms with Gasteiger partial charge in [-0.05, 0) is 19.1 Å². The molecule has 18 heavy (non-hydrogen) atoms. The molecule has 1 unspecified atom stereocenters. The average molecular weight is 286 g/mol. The maximum atomic E-state index is 11.9. The summed E-state index contributed by atoms with van der Waals surface area (Å²) in [5.74, 6) is -0.0208. The van der Waals surface area contributed by atoms with Crippen LogP contribution in [-0.4, -0.2) is 39.0 Å². The number of nitrogens with one attached hydrogen (secondary N) is 1. The van der Waals surface area contributed by atoms with Gasteiger partial charge in [-0.1, -0.05) is 0 Å². The quantitative estimate of drug-likeness (QED) is 0.865. The standard InChI is InChI=1S/C11H14N2O3S2/c1-7-12-8(5-18-7)4-9(14)13-11(10(15)16)2-3-17-6-11/h5H,2-4,6H2,1H3,(H,13,14)(H,15,16). The highest BCUT2D eigenvalue weighted by Crippen LogP contribution is 2.28. The summed E-state index contributed by atoms with van der Waals surface area (Å²) in [6, 6.07) is 0. The zero-order valence-corrected chi connectivity index (χ0v) is 11.6. The van der Waals surface area contributed by atoms with Crippen LogP contribution in [0.15, 0.2) is 5.38 Å². The van der Waals surface area contributed by atoms with Crippen LogP contribution in [0.2, 0.25) is 0 Å². The molecule has 0 aliphatic carbocycles. The van der Waals surface area contributed by atoms with E-state index < -0.39 is 11.5 Å². The first kappa shape index (κ1) is 13.4. The number of carbonyl (C=O) groups excluding carboxylic acids is 1. The molecule has 2 N–H and O–H groups in total. The van der Waals surface area contributed by atoms with E-state index >= 15 is 0 Å². The molecule has 0 radical (unpaired) electrons. The summed E-state index contributed by atoms with van der Waals surface area (Å²) in [6.07, 6.45) is 0.624. The maximum Gasteiger partial charge on any atom is 0.330 e. The summed E-state index contributed by atoms with van der Waals surface area (Å²) in [5, 5.41) is 14.6. The molecular formula is C11H14N2O3S2. The van der Waals surface area contributed by atoms with Crippen molar-refractivity contribution in [1.29, 1.82) is 0 Å². The summed E-state index contributed by atoms with van der Waals surface area (Å²) in [7, 11) is 0. The molecule has 1 aliphatic heterocycles. The Kier molecular flexibility index (Phi) is 3.91. The van der Waals surface area contributed by atoms with Crippen molar-refractivity contribution in [2.24, 2.45) is 0 Å². The molecule has 98 valence electrons. The lowest BCUT2D eigenvalue weighted by Gasteiger charge is -2.24. The van der Waals surface area contributed by atoms with Crippen LogP contribution in [0.5, 0.6) is 0 Å². The Labute approximate surface area is 113 Å². The zero-order valence-electron chi connectivity index (χ0n) is 9.93. The normalized spacial score (nSPS) is 22.9. The second-order valence-electron chi connectivity index (χ2n) is 4.27. The minimum atomic E-state index is -1.09. The van der Waals surface area contributed by atoms with E-state index in [4.69, 9.17) is 0 Å². The van der Waals surface area contributed by atoms with Crippen molar-refractivity contribution in [2.45, 2.75) is 25.3 Å². The van der Waals surface area contributed by atoms with Crippen LogP contribution in [0, 0.1) is 6.92 Å². The number of aryl methyl sites for hydroxylation is 1. The van der Waals surface area contributed by atoms with E-state index in [1.54, 1.807) is 11.8 Å². The molecule has 1 fully saturated rings. The number of amides is 1. The van der Waals surface area contributed by atoms with E-state index in [0.29, 0.717) is 17.9 Å². The van der Waals surface area contributed by atoms with Gasteiger partial charge in [0.2, 0.25) is 5.91 Å². The molecule has 5 nitrogen and oxygen atoms in total. The van der Waals surface area contributed by atoms with Crippen LogP contribution < -0.4 is 5.32 Å². The van der Waals surface area contributed by atoms with E-state index in [1.807, 2.05) is 12.3 Å². The molecule has 7 heteroatoms. The number of thioether (sulfide) groups is 1. The summed E-state index contributed by atoms with van der Waals surface area (Å²) in [5.41, 5.74) is -0.395. The summed E-state index contributed by atoms with van der Waals surface area (Å²) in [6.45, 7) is 1.87. The van der Waals surface area contributed by atoms with Crippen molar-refractivity contribution < 1.29 is 14.7 Å². The summed E-state index contributed by atoms with van der Waals surface area (Å²) in [4.78, 5) is 27.3. The Balaban J connectivity index is 1.99. The maximum absolute atomic E-state index is 11.9. The minimum absolute atomic E-state index is 0.143. The smallest absolute Gasteiger partial charge is 0.330 e. The average Bonchev–Trinajstić information content (AvgIpc) is 2.89. The molecule has 0 spiro atoms. The predicted molar refractivity (Wildman–Crippen MR) is 71.0 cm³/mol. The van der Waals surface area contributed by atoms with Crippen molar-refractivity contribution in [3.63, 3.8) is 0 Å². The van der Waals surface area contributed by atoms with Gasteiger partial charge in [0.15, 0.2) is 0 Å². The lowest BCUT2D eigenvalue weighted by molar-refractivity contribution is -0.146. The van der Waals surface area contributed by atoms with Gasteiger partial charge in [0.25, 0.3) is 0 Å². The fourth-order valence-corrected chi connectivity index (χ4v) is 3.79. The van der Waals surface area contributed by atoms with Crippen LogP contribution in [0.3, 0.4) is 0 Å². The number of carboxylic acid groups (broad SMARTS) is 1. The van der Waals surface area contributed by atoms with E-state index in [0.717, 1.165) is 10.8 Å². The number of aliphatic carboxylic acids is 1.